The average Bonchev–Trinajstić information content (AvgIpc) is 2.10. The Balaban J connectivity index is 2.73. The van der Waals surface area contributed by atoms with E-state index in [2.05, 4.69) is 5.10 Å². The molecule has 1 rings (SSSR count). The van der Waals surface area contributed by atoms with Crippen LogP contribution >= 0.6 is 23.2 Å². The molecule has 0 bridgehead atoms. The van der Waals surface area contributed by atoms with Crippen LogP contribution in [-0.2, 0) is 0 Å². The van der Waals surface area contributed by atoms with Gasteiger partial charge in [-0.3, -0.25) is 0 Å². The summed E-state index contributed by atoms with van der Waals surface area (Å²) in [7, 11) is 0. The topological polar surface area (TPSA) is 61.7 Å². The summed E-state index contributed by atoms with van der Waals surface area (Å²) in [5.74, 6) is 0. The summed E-state index contributed by atoms with van der Waals surface area (Å²) in [6.07, 6.45) is 0.109. The first-order valence-electron chi connectivity index (χ1n) is 3.56. The number of nitrogens with one attached hydrogen (secondary N) is 1. The maximum atomic E-state index is 10.0. The van der Waals surface area contributed by atoms with Gasteiger partial charge in [0.05, 0.1) is 16.3 Å². The SMILES string of the molecule is O=C(O)N/N=C/c1ccc(Cl)c(Cl)c1. The lowest BCUT2D eigenvalue weighted by atomic mass is 10.2. The zero-order chi connectivity index (χ0) is 10.6. The highest BCUT2D eigenvalue weighted by molar-refractivity contribution is 6.42. The van der Waals surface area contributed by atoms with Crippen LogP contribution in [0.1, 0.15) is 5.56 Å². The predicted octanol–water partition coefficient (Wildman–Crippen LogP) is 2.59. The molecule has 1 aromatic rings. The number of amides is 1. The quantitative estimate of drug-likeness (QED) is 0.609. The van der Waals surface area contributed by atoms with E-state index in [0.717, 1.165) is 0 Å². The van der Waals surface area contributed by atoms with Gasteiger partial charge in [-0.25, -0.2) is 10.2 Å². The van der Waals surface area contributed by atoms with Crippen molar-refractivity contribution in [1.29, 1.82) is 0 Å². The minimum absolute atomic E-state index is 0.394. The Kier molecular flexibility index (Phi) is 3.73. The summed E-state index contributed by atoms with van der Waals surface area (Å²) in [4.78, 5) is 10.0. The number of hydrazone groups is 1. The van der Waals surface area contributed by atoms with Crippen molar-refractivity contribution in [3.63, 3.8) is 0 Å². The smallest absolute Gasteiger partial charge is 0.425 e. The molecule has 4 nitrogen and oxygen atoms in total. The average molecular weight is 233 g/mol. The first kappa shape index (κ1) is 10.8. The number of rotatable bonds is 2. The number of carbonyl (C=O) groups is 1. The zero-order valence-electron chi connectivity index (χ0n) is 6.87. The molecule has 0 radical (unpaired) electrons. The van der Waals surface area contributed by atoms with E-state index in [4.69, 9.17) is 28.3 Å². The monoisotopic (exact) mass is 232 g/mol. The van der Waals surface area contributed by atoms with Crippen LogP contribution < -0.4 is 5.43 Å². The van der Waals surface area contributed by atoms with Gasteiger partial charge >= 0.3 is 6.09 Å². The second kappa shape index (κ2) is 4.83. The van der Waals surface area contributed by atoms with Crippen molar-refractivity contribution in [3.05, 3.63) is 33.8 Å². The summed E-state index contributed by atoms with van der Waals surface area (Å²) in [5.41, 5.74) is 2.50. The molecule has 6 heteroatoms. The van der Waals surface area contributed by atoms with E-state index in [1.807, 2.05) is 5.43 Å². The Morgan fingerprint density at radius 1 is 1.43 bits per heavy atom. The van der Waals surface area contributed by atoms with Crippen molar-refractivity contribution < 1.29 is 9.90 Å². The van der Waals surface area contributed by atoms with Crippen LogP contribution in [0, 0.1) is 0 Å². The van der Waals surface area contributed by atoms with Crippen LogP contribution in [0.4, 0.5) is 4.79 Å². The van der Waals surface area contributed by atoms with E-state index in [1.165, 1.54) is 6.21 Å². The number of benzene rings is 1. The Morgan fingerprint density at radius 3 is 2.71 bits per heavy atom. The normalized spacial score (nSPS) is 10.4. The number of nitrogens with zero attached hydrogens (tertiary/aromatic N) is 1. The summed E-state index contributed by atoms with van der Waals surface area (Å²) < 4.78 is 0. The number of hydrogen-bond donors (Lipinski definition) is 2. The van der Waals surface area contributed by atoms with Gasteiger partial charge in [0, 0.05) is 0 Å². The fourth-order valence-corrected chi connectivity index (χ4v) is 1.06. The van der Waals surface area contributed by atoms with Gasteiger partial charge in [0.1, 0.15) is 0 Å². The van der Waals surface area contributed by atoms with Crippen LogP contribution in [0.5, 0.6) is 0 Å². The maximum absolute atomic E-state index is 10.0. The third-order valence-electron chi connectivity index (χ3n) is 1.32. The molecule has 0 aliphatic rings. The van der Waals surface area contributed by atoms with Gasteiger partial charge in [-0.2, -0.15) is 5.10 Å². The molecule has 0 saturated carbocycles. The van der Waals surface area contributed by atoms with Gasteiger partial charge in [-0.05, 0) is 17.7 Å². The highest BCUT2D eigenvalue weighted by Crippen LogP contribution is 2.21. The molecule has 0 unspecified atom stereocenters. The lowest BCUT2D eigenvalue weighted by Gasteiger charge is -1.96. The van der Waals surface area contributed by atoms with Crippen LogP contribution in [0.15, 0.2) is 23.3 Å². The first-order chi connectivity index (χ1) is 6.59. The first-order valence-corrected chi connectivity index (χ1v) is 4.32. The molecule has 14 heavy (non-hydrogen) atoms. The van der Waals surface area contributed by atoms with E-state index in [9.17, 15) is 4.79 Å². The molecular formula is C8H6Cl2N2O2. The molecular weight excluding hydrogens is 227 g/mol. The lowest BCUT2D eigenvalue weighted by Crippen LogP contribution is -2.13. The molecule has 74 valence electrons. The lowest BCUT2D eigenvalue weighted by molar-refractivity contribution is 0.195. The summed E-state index contributed by atoms with van der Waals surface area (Å²) in [6.45, 7) is 0. The molecule has 0 aliphatic heterocycles. The van der Waals surface area contributed by atoms with E-state index >= 15 is 0 Å². The Labute approximate surface area is 90.1 Å². The Morgan fingerprint density at radius 2 is 2.14 bits per heavy atom. The van der Waals surface area contributed by atoms with Crippen LogP contribution in [0.3, 0.4) is 0 Å². The Hall–Kier alpha value is -1.26. The second-order valence-corrected chi connectivity index (χ2v) is 3.16. The van der Waals surface area contributed by atoms with Crippen molar-refractivity contribution in [2.75, 3.05) is 0 Å². The minimum Gasteiger partial charge on any atom is -0.464 e. The van der Waals surface area contributed by atoms with Crippen molar-refractivity contribution in [2.24, 2.45) is 5.10 Å². The van der Waals surface area contributed by atoms with E-state index < -0.39 is 6.09 Å². The van der Waals surface area contributed by atoms with Gasteiger partial charge < -0.3 is 5.11 Å². The summed E-state index contributed by atoms with van der Waals surface area (Å²) in [5, 5.41) is 12.5. The molecule has 0 saturated heterocycles. The van der Waals surface area contributed by atoms with Gasteiger partial charge in [0.15, 0.2) is 0 Å². The highest BCUT2D eigenvalue weighted by atomic mass is 35.5. The van der Waals surface area contributed by atoms with Crippen LogP contribution in [0.2, 0.25) is 10.0 Å². The zero-order valence-corrected chi connectivity index (χ0v) is 8.38. The molecule has 2 N–H and O–H groups in total. The van der Waals surface area contributed by atoms with Crippen molar-refractivity contribution >= 4 is 35.5 Å². The third-order valence-corrected chi connectivity index (χ3v) is 2.06. The van der Waals surface area contributed by atoms with Gasteiger partial charge in [0.2, 0.25) is 0 Å². The van der Waals surface area contributed by atoms with E-state index in [0.29, 0.717) is 15.6 Å². The molecule has 1 aromatic carbocycles. The number of hydrogen-bond acceptors (Lipinski definition) is 2. The van der Waals surface area contributed by atoms with Crippen molar-refractivity contribution in [2.45, 2.75) is 0 Å². The number of carboxylic acid groups (broad SMARTS) is 1. The molecule has 0 aliphatic carbocycles. The molecule has 0 atom stereocenters. The van der Waals surface area contributed by atoms with E-state index in [-0.39, 0.29) is 0 Å². The number of halogens is 2. The van der Waals surface area contributed by atoms with Crippen LogP contribution in [0.25, 0.3) is 0 Å². The molecule has 1 amide bonds. The summed E-state index contributed by atoms with van der Waals surface area (Å²) >= 11 is 11.4. The van der Waals surface area contributed by atoms with Crippen molar-refractivity contribution in [3.8, 4) is 0 Å². The van der Waals surface area contributed by atoms with Gasteiger partial charge in [-0.1, -0.05) is 29.3 Å². The minimum atomic E-state index is -1.22. The third kappa shape index (κ3) is 3.24. The van der Waals surface area contributed by atoms with Gasteiger partial charge in [-0.15, -0.1) is 0 Å². The molecule has 0 fully saturated rings. The highest BCUT2D eigenvalue weighted by Gasteiger charge is 1.97. The molecule has 0 spiro atoms. The van der Waals surface area contributed by atoms with Gasteiger partial charge in [0.25, 0.3) is 0 Å². The fourth-order valence-electron chi connectivity index (χ4n) is 0.755. The maximum Gasteiger partial charge on any atom is 0.425 e. The van der Waals surface area contributed by atoms with Crippen molar-refractivity contribution in [1.82, 2.24) is 5.43 Å². The molecule has 0 aromatic heterocycles. The summed E-state index contributed by atoms with van der Waals surface area (Å²) in [6, 6.07) is 4.85. The standard InChI is InChI=1S/C8H6Cl2N2O2/c9-6-2-1-5(3-7(6)10)4-11-12-8(13)14/h1-4,12H,(H,13,14)/b11-4+. The predicted molar refractivity (Wildman–Crippen MR) is 55.2 cm³/mol. The second-order valence-electron chi connectivity index (χ2n) is 2.35. The molecule has 0 heterocycles. The fraction of sp³-hybridized carbons (Fsp3) is 0. The largest absolute Gasteiger partial charge is 0.464 e. The van der Waals surface area contributed by atoms with E-state index in [1.54, 1.807) is 18.2 Å². The Bertz CT molecular complexity index is 380. The van der Waals surface area contributed by atoms with Crippen LogP contribution in [-0.4, -0.2) is 17.4 Å².